The molecule has 0 aliphatic heterocycles. The number of nitrogens with two attached hydrogens (primary N) is 2. The molecular formula is C54H48F4N16O4S2. The maximum atomic E-state index is 14.2. The molecule has 26 heteroatoms. The maximum Gasteiger partial charge on any atom is 0.274 e. The number of benzene rings is 2. The molecule has 20 nitrogen and oxygen atoms in total. The zero-order chi connectivity index (χ0) is 57.1. The monoisotopic (exact) mass is 1120 g/mol. The fraction of sp³-hybridized carbons (Fsp3) is 0.185. The Hall–Kier alpha value is -9.56. The zero-order valence-electron chi connectivity index (χ0n) is 43.3. The Balaban J connectivity index is 0.000000194. The van der Waals surface area contributed by atoms with E-state index in [0.717, 1.165) is 21.2 Å². The average molecular weight is 1130 g/mol. The highest BCUT2D eigenvalue weighted by Crippen LogP contribution is 2.34. The van der Waals surface area contributed by atoms with Gasteiger partial charge in [0.1, 0.15) is 70.5 Å². The molecule has 0 aliphatic carbocycles. The molecule has 0 saturated carbocycles. The molecule has 2 atom stereocenters. The highest BCUT2D eigenvalue weighted by atomic mass is 32.1. The minimum atomic E-state index is -0.692. The van der Waals surface area contributed by atoms with Crippen LogP contribution in [0.2, 0.25) is 0 Å². The van der Waals surface area contributed by atoms with Crippen molar-refractivity contribution in [1.82, 2.24) is 48.7 Å². The Bertz CT molecular complexity index is 3870. The van der Waals surface area contributed by atoms with Crippen LogP contribution in [0.5, 0.6) is 10.4 Å². The summed E-state index contributed by atoms with van der Waals surface area (Å²) in [6.07, 6.45) is 7.42. The highest BCUT2D eigenvalue weighted by Gasteiger charge is 2.27. The summed E-state index contributed by atoms with van der Waals surface area (Å²) in [7, 11) is 0. The SMILES string of the molecule is CC(C)Oc1ncc(C(=N)c2c(N)ncnc2N[C@@H](C)c2nc3ccc(F)cn3c(=O)c2-c2cccc(F)c2)s1.CC(C)Oc1ncc(C(=N)c2c(N)ncnc2N[C@H](C)c2nc3ccc(F)cn3c(=O)c2-c2cccc(F)c2)s1. The summed E-state index contributed by atoms with van der Waals surface area (Å²) >= 11 is 2.37. The number of thiazole rings is 2. The summed E-state index contributed by atoms with van der Waals surface area (Å²) in [5.74, 6) is -1.78. The molecule has 408 valence electrons. The van der Waals surface area contributed by atoms with Crippen LogP contribution in [0.15, 0.2) is 120 Å². The zero-order valence-corrected chi connectivity index (χ0v) is 44.9. The van der Waals surface area contributed by atoms with Gasteiger partial charge >= 0.3 is 0 Å². The molecule has 0 radical (unpaired) electrons. The van der Waals surface area contributed by atoms with Gasteiger partial charge in [-0.2, -0.15) is 0 Å². The number of pyridine rings is 2. The predicted molar refractivity (Wildman–Crippen MR) is 298 cm³/mol. The molecule has 10 aromatic rings. The van der Waals surface area contributed by atoms with E-state index in [1.54, 1.807) is 26.0 Å². The minimum absolute atomic E-state index is 0.0243. The highest BCUT2D eigenvalue weighted by molar-refractivity contribution is 7.16. The Morgan fingerprint density at radius 1 is 0.562 bits per heavy atom. The van der Waals surface area contributed by atoms with Crippen LogP contribution >= 0.6 is 22.7 Å². The van der Waals surface area contributed by atoms with Gasteiger partial charge in [0.2, 0.25) is 0 Å². The van der Waals surface area contributed by atoms with Crippen molar-refractivity contribution in [1.29, 1.82) is 10.8 Å². The average Bonchev–Trinajstić information content (AvgIpc) is 4.11. The Morgan fingerprint density at radius 3 is 1.34 bits per heavy atom. The van der Waals surface area contributed by atoms with E-state index in [2.05, 4.69) is 50.5 Å². The number of aromatic nitrogens is 10. The fourth-order valence-corrected chi connectivity index (χ4v) is 9.97. The summed E-state index contributed by atoms with van der Waals surface area (Å²) in [6, 6.07) is 14.8. The van der Waals surface area contributed by atoms with Crippen molar-refractivity contribution >= 4 is 68.7 Å². The largest absolute Gasteiger partial charge is 0.467 e. The lowest BCUT2D eigenvalue weighted by molar-refractivity contribution is 0.241. The van der Waals surface area contributed by atoms with Gasteiger partial charge in [0, 0.05) is 12.4 Å². The smallest absolute Gasteiger partial charge is 0.274 e. The van der Waals surface area contributed by atoms with Crippen LogP contribution in [0.3, 0.4) is 0 Å². The van der Waals surface area contributed by atoms with Crippen molar-refractivity contribution in [2.75, 3.05) is 22.1 Å². The first-order valence-corrected chi connectivity index (χ1v) is 26.0. The number of rotatable bonds is 16. The van der Waals surface area contributed by atoms with Crippen LogP contribution in [0.25, 0.3) is 33.5 Å². The molecule has 0 amide bonds. The van der Waals surface area contributed by atoms with E-state index >= 15 is 0 Å². The van der Waals surface area contributed by atoms with Gasteiger partial charge in [0.15, 0.2) is 0 Å². The van der Waals surface area contributed by atoms with E-state index in [4.69, 9.17) is 31.8 Å². The predicted octanol–water partition coefficient (Wildman–Crippen LogP) is 9.69. The number of fused-ring (bicyclic) bond motifs is 2. The molecule has 8 aromatic heterocycles. The summed E-state index contributed by atoms with van der Waals surface area (Å²) < 4.78 is 69.8. The van der Waals surface area contributed by atoms with Gasteiger partial charge in [-0.3, -0.25) is 29.2 Å². The lowest BCUT2D eigenvalue weighted by Crippen LogP contribution is -2.24. The first-order chi connectivity index (χ1) is 38.2. The van der Waals surface area contributed by atoms with E-state index in [9.17, 15) is 27.2 Å². The molecule has 0 unspecified atom stereocenters. The van der Waals surface area contributed by atoms with E-state index in [-0.39, 0.29) is 103 Å². The number of nitrogens with zero attached hydrogens (tertiary/aromatic N) is 10. The molecule has 80 heavy (non-hydrogen) atoms. The van der Waals surface area contributed by atoms with Gasteiger partial charge < -0.3 is 31.6 Å². The molecule has 8 heterocycles. The second-order valence-electron chi connectivity index (χ2n) is 18.3. The van der Waals surface area contributed by atoms with E-state index < -0.39 is 46.5 Å². The second-order valence-corrected chi connectivity index (χ2v) is 20.3. The summed E-state index contributed by atoms with van der Waals surface area (Å²) in [6.45, 7) is 11.0. The van der Waals surface area contributed by atoms with Crippen molar-refractivity contribution < 1.29 is 27.0 Å². The number of nitrogen functional groups attached to an aromatic ring is 2. The molecular weight excluding hydrogens is 1080 g/mol. The van der Waals surface area contributed by atoms with Crippen LogP contribution in [-0.2, 0) is 0 Å². The Kier molecular flexibility index (Phi) is 16.0. The third-order valence-electron chi connectivity index (χ3n) is 11.8. The maximum absolute atomic E-state index is 14.2. The summed E-state index contributed by atoms with van der Waals surface area (Å²) in [5.41, 5.74) is 13.4. The van der Waals surface area contributed by atoms with Crippen molar-refractivity contribution in [3.63, 3.8) is 0 Å². The van der Waals surface area contributed by atoms with Gasteiger partial charge in [-0.05, 0) is 101 Å². The van der Waals surface area contributed by atoms with Gasteiger partial charge in [-0.1, -0.05) is 46.9 Å². The van der Waals surface area contributed by atoms with Gasteiger partial charge in [-0.25, -0.2) is 57.4 Å². The minimum Gasteiger partial charge on any atom is -0.467 e. The Morgan fingerprint density at radius 2 is 0.963 bits per heavy atom. The normalized spacial score (nSPS) is 12.1. The summed E-state index contributed by atoms with van der Waals surface area (Å²) in [4.78, 5) is 62.5. The molecule has 0 saturated heterocycles. The van der Waals surface area contributed by atoms with Crippen LogP contribution in [0, 0.1) is 34.1 Å². The molecule has 10 rings (SSSR count). The van der Waals surface area contributed by atoms with Crippen LogP contribution in [0.4, 0.5) is 40.8 Å². The third-order valence-corrected chi connectivity index (χ3v) is 13.6. The first kappa shape index (κ1) is 55.2. The fourth-order valence-electron chi connectivity index (χ4n) is 8.28. The van der Waals surface area contributed by atoms with Crippen molar-refractivity contribution in [2.24, 2.45) is 0 Å². The molecule has 0 fully saturated rings. The van der Waals surface area contributed by atoms with Crippen LogP contribution < -0.4 is 42.7 Å². The lowest BCUT2D eigenvalue weighted by Gasteiger charge is -2.20. The number of hydrogen-bond acceptors (Lipinski definition) is 20. The van der Waals surface area contributed by atoms with Crippen molar-refractivity contribution in [3.8, 4) is 32.6 Å². The van der Waals surface area contributed by atoms with Crippen LogP contribution in [0.1, 0.15) is 85.9 Å². The van der Waals surface area contributed by atoms with Gasteiger partial charge in [0.25, 0.3) is 21.5 Å². The quantitative estimate of drug-likeness (QED) is 0.0388. The van der Waals surface area contributed by atoms with Crippen molar-refractivity contribution in [3.05, 3.63) is 186 Å². The molecule has 8 N–H and O–H groups in total. The standard InChI is InChI=1S/2C27H24F2N8O2S/c2*1-13(2)39-27-32-10-18(40-27)22(30)21-24(31)33-12-34-25(21)35-14(3)23-20(15-5-4-6-16(28)9-15)26(38)37-11-17(29)7-8-19(37)36-23/h2*4-14,30H,1-3H3,(H3,31,33,34,35)/t2*14-/m10/s1. The first-order valence-electron chi connectivity index (χ1n) is 24.4. The van der Waals surface area contributed by atoms with E-state index in [1.165, 1.54) is 108 Å². The van der Waals surface area contributed by atoms with E-state index in [0.29, 0.717) is 20.1 Å². The molecule has 2 aromatic carbocycles. The van der Waals surface area contributed by atoms with Crippen molar-refractivity contribution in [2.45, 2.75) is 65.8 Å². The second kappa shape index (κ2) is 23.2. The van der Waals surface area contributed by atoms with Gasteiger partial charge in [0.05, 0.1) is 91.5 Å². The number of nitrogens with one attached hydrogen (secondary N) is 4. The van der Waals surface area contributed by atoms with E-state index in [1.807, 2.05) is 27.7 Å². The topological polar surface area (TPSA) is 288 Å². The van der Waals surface area contributed by atoms with Gasteiger partial charge in [-0.15, -0.1) is 0 Å². The Labute approximate surface area is 460 Å². The number of hydrogen-bond donors (Lipinski definition) is 6. The van der Waals surface area contributed by atoms with Crippen LogP contribution in [-0.4, -0.2) is 72.3 Å². The summed E-state index contributed by atoms with van der Waals surface area (Å²) in [5, 5.41) is 24.8. The number of halogens is 4. The molecule has 0 aliphatic rings. The number of ether oxygens (including phenoxy) is 2. The molecule has 0 bridgehead atoms. The molecule has 0 spiro atoms. The lowest BCUT2D eigenvalue weighted by atomic mass is 10.0. The third kappa shape index (κ3) is 11.8. The number of anilines is 4.